The molecule has 0 unspecified atom stereocenters. The maximum atomic E-state index is 12.0. The number of rotatable bonds is 5. The van der Waals surface area contributed by atoms with Crippen molar-refractivity contribution in [2.24, 2.45) is 0 Å². The number of carboxylic acid groups (broad SMARTS) is 1. The molecule has 0 radical (unpaired) electrons. The zero-order valence-electron chi connectivity index (χ0n) is 11.2. The van der Waals surface area contributed by atoms with Crippen molar-refractivity contribution in [3.8, 4) is 0 Å². The van der Waals surface area contributed by atoms with Gasteiger partial charge in [0.05, 0.1) is 12.1 Å². The van der Waals surface area contributed by atoms with Gasteiger partial charge in [-0.2, -0.15) is 0 Å². The van der Waals surface area contributed by atoms with E-state index in [9.17, 15) is 9.59 Å². The van der Waals surface area contributed by atoms with Crippen LogP contribution in [0.3, 0.4) is 0 Å². The molecular weight excluding hydrogens is 290 g/mol. The number of hydrogen-bond acceptors (Lipinski definition) is 5. The second kappa shape index (κ2) is 6.76. The molecule has 0 atom stereocenters. The van der Waals surface area contributed by atoms with E-state index in [1.165, 1.54) is 29.8 Å². The molecule has 0 aliphatic rings. The van der Waals surface area contributed by atoms with Gasteiger partial charge in [0.25, 0.3) is 5.91 Å². The predicted octanol–water partition coefficient (Wildman–Crippen LogP) is 1.87. The molecule has 0 saturated carbocycles. The number of nitrogens with one attached hydrogen (secondary N) is 1. The summed E-state index contributed by atoms with van der Waals surface area (Å²) in [4.78, 5) is 30.6. The van der Waals surface area contributed by atoms with Crippen molar-refractivity contribution in [2.45, 2.75) is 13.5 Å². The second-order valence-corrected chi connectivity index (χ2v) is 5.19. The van der Waals surface area contributed by atoms with Crippen molar-refractivity contribution in [1.82, 2.24) is 15.3 Å². The normalized spacial score (nSPS) is 10.7. The molecule has 0 fully saturated rings. The summed E-state index contributed by atoms with van der Waals surface area (Å²) in [5.41, 5.74) is 1.85. The van der Waals surface area contributed by atoms with Crippen LogP contribution in [0.15, 0.2) is 29.9 Å². The van der Waals surface area contributed by atoms with Crippen LogP contribution in [0.4, 0.5) is 0 Å². The fourth-order valence-electron chi connectivity index (χ4n) is 1.58. The number of aromatic nitrogens is 2. The van der Waals surface area contributed by atoms with Gasteiger partial charge in [0.1, 0.15) is 5.01 Å². The molecule has 108 valence electrons. The molecular formula is C14H13N3O3S. The molecule has 21 heavy (non-hydrogen) atoms. The molecule has 0 aliphatic carbocycles. The number of nitrogens with zero attached hydrogens (tertiary/aromatic N) is 2. The number of pyridine rings is 1. The highest BCUT2D eigenvalue weighted by molar-refractivity contribution is 7.09. The van der Waals surface area contributed by atoms with Gasteiger partial charge in [-0.3, -0.25) is 9.78 Å². The maximum Gasteiger partial charge on any atom is 0.328 e. The zero-order valence-corrected chi connectivity index (χ0v) is 12.1. The zero-order chi connectivity index (χ0) is 15.2. The molecule has 0 aliphatic heterocycles. The van der Waals surface area contributed by atoms with Crippen LogP contribution in [0.1, 0.15) is 26.6 Å². The number of amides is 1. The molecule has 2 N–H and O–H groups in total. The fourth-order valence-corrected chi connectivity index (χ4v) is 2.29. The van der Waals surface area contributed by atoms with Crippen molar-refractivity contribution in [2.75, 3.05) is 0 Å². The highest BCUT2D eigenvalue weighted by atomic mass is 32.1. The van der Waals surface area contributed by atoms with Crippen molar-refractivity contribution < 1.29 is 14.7 Å². The third kappa shape index (κ3) is 4.50. The summed E-state index contributed by atoms with van der Waals surface area (Å²) in [6.45, 7) is 2.25. The Hall–Kier alpha value is -2.54. The first kappa shape index (κ1) is 14.9. The number of hydrogen-bond donors (Lipinski definition) is 2. The monoisotopic (exact) mass is 303 g/mol. The van der Waals surface area contributed by atoms with Gasteiger partial charge in [-0.25, -0.2) is 9.78 Å². The summed E-state index contributed by atoms with van der Waals surface area (Å²) in [7, 11) is 0. The minimum absolute atomic E-state index is 0.277. The Morgan fingerprint density at radius 1 is 1.43 bits per heavy atom. The molecule has 7 heteroatoms. The van der Waals surface area contributed by atoms with Gasteiger partial charge < -0.3 is 10.4 Å². The SMILES string of the molecule is Cc1csc(CNC(=O)c2cncc(C=CC(=O)O)c2)n1. The first-order valence-corrected chi connectivity index (χ1v) is 6.98. The largest absolute Gasteiger partial charge is 0.478 e. The molecule has 1 amide bonds. The average molecular weight is 303 g/mol. The Kier molecular flexibility index (Phi) is 4.78. The minimum Gasteiger partial charge on any atom is -0.478 e. The van der Waals surface area contributed by atoms with Gasteiger partial charge in [0, 0.05) is 29.5 Å². The van der Waals surface area contributed by atoms with E-state index in [1.807, 2.05) is 12.3 Å². The van der Waals surface area contributed by atoms with Crippen molar-refractivity contribution >= 4 is 29.3 Å². The van der Waals surface area contributed by atoms with Crippen LogP contribution < -0.4 is 5.32 Å². The number of carbonyl (C=O) groups is 2. The lowest BCUT2D eigenvalue weighted by atomic mass is 10.2. The summed E-state index contributed by atoms with van der Waals surface area (Å²) >= 11 is 1.48. The Morgan fingerprint density at radius 2 is 2.24 bits per heavy atom. The maximum absolute atomic E-state index is 12.0. The van der Waals surface area contributed by atoms with Gasteiger partial charge in [0.15, 0.2) is 0 Å². The third-order valence-corrected chi connectivity index (χ3v) is 3.47. The molecule has 2 rings (SSSR count). The van der Waals surface area contributed by atoms with Gasteiger partial charge in [0.2, 0.25) is 0 Å². The molecule has 0 spiro atoms. The van der Waals surface area contributed by atoms with Crippen LogP contribution >= 0.6 is 11.3 Å². The number of aliphatic carboxylic acids is 1. The van der Waals surface area contributed by atoms with Crippen molar-refractivity contribution in [3.63, 3.8) is 0 Å². The van der Waals surface area contributed by atoms with Crippen LogP contribution in [0.5, 0.6) is 0 Å². The molecule has 0 bridgehead atoms. The lowest BCUT2D eigenvalue weighted by Crippen LogP contribution is -2.22. The van der Waals surface area contributed by atoms with E-state index < -0.39 is 5.97 Å². The molecule has 0 aromatic carbocycles. The Morgan fingerprint density at radius 3 is 2.90 bits per heavy atom. The average Bonchev–Trinajstić information content (AvgIpc) is 2.88. The van der Waals surface area contributed by atoms with Gasteiger partial charge in [-0.15, -0.1) is 11.3 Å². The van der Waals surface area contributed by atoms with Gasteiger partial charge in [-0.05, 0) is 24.6 Å². The Bertz CT molecular complexity index is 694. The van der Waals surface area contributed by atoms with Crippen LogP contribution in [-0.4, -0.2) is 27.0 Å². The second-order valence-electron chi connectivity index (χ2n) is 4.24. The van der Waals surface area contributed by atoms with Crippen LogP contribution in [-0.2, 0) is 11.3 Å². The van der Waals surface area contributed by atoms with E-state index in [4.69, 9.17) is 5.11 Å². The van der Waals surface area contributed by atoms with Gasteiger partial charge in [-0.1, -0.05) is 0 Å². The number of aryl methyl sites for hydroxylation is 1. The summed E-state index contributed by atoms with van der Waals surface area (Å²) in [5, 5.41) is 14.1. The van der Waals surface area contributed by atoms with Crippen LogP contribution in [0, 0.1) is 6.92 Å². The number of carbonyl (C=O) groups excluding carboxylic acids is 1. The standard InChI is InChI=1S/C14H13N3O3S/c1-9-8-21-12(17-9)7-16-14(20)11-4-10(5-15-6-11)2-3-13(18)19/h2-6,8H,7H2,1H3,(H,16,20)(H,18,19). The van der Waals surface area contributed by atoms with Crippen LogP contribution in [0.25, 0.3) is 6.08 Å². The Labute approximate surface area is 125 Å². The van der Waals surface area contributed by atoms with E-state index in [2.05, 4.69) is 15.3 Å². The van der Waals surface area contributed by atoms with E-state index in [0.29, 0.717) is 17.7 Å². The molecule has 2 aromatic heterocycles. The smallest absolute Gasteiger partial charge is 0.328 e. The lowest BCUT2D eigenvalue weighted by Gasteiger charge is -2.03. The first-order valence-electron chi connectivity index (χ1n) is 6.10. The highest BCUT2D eigenvalue weighted by Gasteiger charge is 2.07. The summed E-state index contributed by atoms with van der Waals surface area (Å²) in [6.07, 6.45) is 5.30. The van der Waals surface area contributed by atoms with Crippen molar-refractivity contribution in [1.29, 1.82) is 0 Å². The van der Waals surface area contributed by atoms with E-state index in [-0.39, 0.29) is 5.91 Å². The molecule has 6 nitrogen and oxygen atoms in total. The minimum atomic E-state index is -1.05. The van der Waals surface area contributed by atoms with Gasteiger partial charge >= 0.3 is 5.97 Å². The quantitative estimate of drug-likeness (QED) is 0.823. The van der Waals surface area contributed by atoms with E-state index in [0.717, 1.165) is 16.8 Å². The van der Waals surface area contributed by atoms with E-state index in [1.54, 1.807) is 6.07 Å². The van der Waals surface area contributed by atoms with Crippen molar-refractivity contribution in [3.05, 3.63) is 51.7 Å². The predicted molar refractivity (Wildman–Crippen MR) is 78.9 cm³/mol. The fraction of sp³-hybridized carbons (Fsp3) is 0.143. The summed E-state index contributed by atoms with van der Waals surface area (Å²) in [6, 6.07) is 1.58. The summed E-state index contributed by atoms with van der Waals surface area (Å²) in [5.74, 6) is -1.33. The molecule has 0 saturated heterocycles. The Balaban J connectivity index is 2.02. The first-order chi connectivity index (χ1) is 10.0. The molecule has 2 aromatic rings. The topological polar surface area (TPSA) is 92.2 Å². The van der Waals surface area contributed by atoms with E-state index >= 15 is 0 Å². The summed E-state index contributed by atoms with van der Waals surface area (Å²) < 4.78 is 0. The lowest BCUT2D eigenvalue weighted by molar-refractivity contribution is -0.131. The highest BCUT2D eigenvalue weighted by Crippen LogP contribution is 2.09. The number of thiazole rings is 1. The third-order valence-electron chi connectivity index (χ3n) is 2.51. The number of carboxylic acids is 1. The van der Waals surface area contributed by atoms with Crippen LogP contribution in [0.2, 0.25) is 0 Å². The molecule has 2 heterocycles.